The van der Waals surface area contributed by atoms with E-state index in [0.29, 0.717) is 18.0 Å². The van der Waals surface area contributed by atoms with Crippen LogP contribution in [-0.4, -0.2) is 38.5 Å². The normalized spacial score (nSPS) is 16.9. The Bertz CT molecular complexity index is 856. The fraction of sp³-hybridized carbons (Fsp3) is 0.278. The number of hydrogen-bond acceptors (Lipinski definition) is 5. The van der Waals surface area contributed by atoms with E-state index < -0.39 is 0 Å². The minimum atomic E-state index is -0.173. The van der Waals surface area contributed by atoms with E-state index in [0.717, 1.165) is 34.8 Å². The quantitative estimate of drug-likeness (QED) is 0.736. The zero-order valence-corrected chi connectivity index (χ0v) is 14.4. The highest BCUT2D eigenvalue weighted by Crippen LogP contribution is 2.22. The third-order valence-corrected chi connectivity index (χ3v) is 5.16. The molecule has 6 nitrogen and oxygen atoms in total. The summed E-state index contributed by atoms with van der Waals surface area (Å²) in [5, 5.41) is 2.88. The van der Waals surface area contributed by atoms with E-state index in [2.05, 4.69) is 20.3 Å². The van der Waals surface area contributed by atoms with Crippen LogP contribution in [0.5, 0.6) is 5.88 Å². The zero-order valence-electron chi connectivity index (χ0n) is 13.6. The van der Waals surface area contributed by atoms with Gasteiger partial charge < -0.3 is 15.0 Å². The molecule has 0 aliphatic carbocycles. The fourth-order valence-electron chi connectivity index (χ4n) is 2.75. The molecule has 1 atom stereocenters. The van der Waals surface area contributed by atoms with Crippen molar-refractivity contribution in [1.82, 2.24) is 20.3 Å². The Kier molecular flexibility index (Phi) is 4.56. The highest BCUT2D eigenvalue weighted by atomic mass is 32.2. The number of imidazole rings is 1. The maximum Gasteiger partial charge on any atom is 0.251 e. The van der Waals surface area contributed by atoms with Crippen molar-refractivity contribution in [3.63, 3.8) is 0 Å². The van der Waals surface area contributed by atoms with Gasteiger partial charge in [-0.1, -0.05) is 12.1 Å². The summed E-state index contributed by atoms with van der Waals surface area (Å²) in [6.45, 7) is 0.339. The first-order valence-corrected chi connectivity index (χ1v) is 9.36. The number of aromatic amines is 1. The van der Waals surface area contributed by atoms with Gasteiger partial charge in [-0.2, -0.15) is 11.8 Å². The maximum atomic E-state index is 12.4. The molecule has 0 spiro atoms. The predicted molar refractivity (Wildman–Crippen MR) is 97.9 cm³/mol. The third kappa shape index (κ3) is 3.76. The van der Waals surface area contributed by atoms with Gasteiger partial charge in [-0.25, -0.2) is 9.97 Å². The number of para-hydroxylation sites is 2. The molecular formula is C18H18N4O2S. The number of thioether (sulfide) groups is 1. The van der Waals surface area contributed by atoms with E-state index in [1.807, 2.05) is 36.0 Å². The standard InChI is InChI=1S/C18H18N4O2S/c23-18(20-10-16-21-14-3-1-2-4-15(14)22-16)12-5-7-19-17(9-12)24-13-6-8-25-11-13/h1-5,7,9,13H,6,8,10-11H2,(H,20,23)(H,21,22). The number of ether oxygens (including phenoxy) is 1. The number of fused-ring (bicyclic) bond motifs is 1. The van der Waals surface area contributed by atoms with Crippen LogP contribution in [-0.2, 0) is 6.54 Å². The van der Waals surface area contributed by atoms with Gasteiger partial charge in [0, 0.05) is 23.6 Å². The molecule has 0 radical (unpaired) electrons. The lowest BCUT2D eigenvalue weighted by molar-refractivity contribution is 0.0949. The van der Waals surface area contributed by atoms with Crippen LogP contribution in [0.4, 0.5) is 0 Å². The summed E-state index contributed by atoms with van der Waals surface area (Å²) >= 11 is 1.88. The Morgan fingerprint density at radius 3 is 3.12 bits per heavy atom. The van der Waals surface area contributed by atoms with Gasteiger partial charge in [0.2, 0.25) is 5.88 Å². The SMILES string of the molecule is O=C(NCc1nc2ccccc2[nH]1)c1ccnc(OC2CCSC2)c1. The van der Waals surface area contributed by atoms with Gasteiger partial charge in [-0.3, -0.25) is 4.79 Å². The number of rotatable bonds is 5. The second kappa shape index (κ2) is 7.14. The van der Waals surface area contributed by atoms with E-state index in [1.165, 1.54) is 0 Å². The zero-order chi connectivity index (χ0) is 17.1. The number of nitrogens with zero attached hydrogens (tertiary/aromatic N) is 2. The fourth-order valence-corrected chi connectivity index (χ4v) is 3.84. The first-order valence-electron chi connectivity index (χ1n) is 8.20. The van der Waals surface area contributed by atoms with E-state index in [9.17, 15) is 4.79 Å². The third-order valence-electron chi connectivity index (χ3n) is 4.03. The second-order valence-electron chi connectivity index (χ2n) is 5.87. The molecule has 1 fully saturated rings. The van der Waals surface area contributed by atoms with Crippen LogP contribution in [0.25, 0.3) is 11.0 Å². The molecule has 1 amide bonds. The van der Waals surface area contributed by atoms with Gasteiger partial charge in [-0.15, -0.1) is 0 Å². The van der Waals surface area contributed by atoms with Crippen LogP contribution in [0.15, 0.2) is 42.6 Å². The summed E-state index contributed by atoms with van der Waals surface area (Å²) < 4.78 is 5.84. The molecule has 7 heteroatoms. The lowest BCUT2D eigenvalue weighted by atomic mass is 10.2. The van der Waals surface area contributed by atoms with Crippen LogP contribution < -0.4 is 10.1 Å². The minimum absolute atomic E-state index is 0.173. The number of carbonyl (C=O) groups is 1. The lowest BCUT2D eigenvalue weighted by Gasteiger charge is -2.12. The Morgan fingerprint density at radius 1 is 1.36 bits per heavy atom. The van der Waals surface area contributed by atoms with Crippen LogP contribution in [0.1, 0.15) is 22.6 Å². The molecule has 2 aromatic heterocycles. The van der Waals surface area contributed by atoms with Crippen molar-refractivity contribution in [3.8, 4) is 5.88 Å². The highest BCUT2D eigenvalue weighted by Gasteiger charge is 2.18. The first-order chi connectivity index (χ1) is 12.3. The summed E-state index contributed by atoms with van der Waals surface area (Å²) in [5.41, 5.74) is 2.38. The number of aromatic nitrogens is 3. The maximum absolute atomic E-state index is 12.4. The van der Waals surface area contributed by atoms with Crippen molar-refractivity contribution in [2.75, 3.05) is 11.5 Å². The molecule has 1 saturated heterocycles. The van der Waals surface area contributed by atoms with Crippen LogP contribution in [0, 0.1) is 0 Å². The van der Waals surface area contributed by atoms with Gasteiger partial charge in [-0.05, 0) is 30.4 Å². The molecule has 0 saturated carbocycles. The topological polar surface area (TPSA) is 79.9 Å². The summed E-state index contributed by atoms with van der Waals surface area (Å²) in [7, 11) is 0. The molecule has 128 valence electrons. The number of benzene rings is 1. The average molecular weight is 354 g/mol. The Balaban J connectivity index is 1.40. The molecule has 1 unspecified atom stereocenters. The molecule has 1 aromatic carbocycles. The van der Waals surface area contributed by atoms with Crippen LogP contribution in [0.3, 0.4) is 0 Å². The van der Waals surface area contributed by atoms with Crippen molar-refractivity contribution < 1.29 is 9.53 Å². The highest BCUT2D eigenvalue weighted by molar-refractivity contribution is 7.99. The number of amides is 1. The molecule has 25 heavy (non-hydrogen) atoms. The summed E-state index contributed by atoms with van der Waals surface area (Å²) in [4.78, 5) is 24.2. The van der Waals surface area contributed by atoms with Crippen LogP contribution in [0.2, 0.25) is 0 Å². The van der Waals surface area contributed by atoms with Gasteiger partial charge in [0.15, 0.2) is 0 Å². The summed E-state index contributed by atoms with van der Waals surface area (Å²) in [5.74, 6) is 3.15. The van der Waals surface area contributed by atoms with E-state index in [-0.39, 0.29) is 12.0 Å². The molecule has 1 aliphatic rings. The number of pyridine rings is 1. The lowest BCUT2D eigenvalue weighted by Crippen LogP contribution is -2.23. The Hall–Kier alpha value is -2.54. The summed E-state index contributed by atoms with van der Waals surface area (Å²) in [6, 6.07) is 11.2. The van der Waals surface area contributed by atoms with Crippen molar-refractivity contribution in [2.45, 2.75) is 19.1 Å². The predicted octanol–water partition coefficient (Wildman–Crippen LogP) is 2.77. The number of hydrogen-bond donors (Lipinski definition) is 2. The van der Waals surface area contributed by atoms with Crippen molar-refractivity contribution in [1.29, 1.82) is 0 Å². The van der Waals surface area contributed by atoms with Gasteiger partial charge in [0.1, 0.15) is 11.9 Å². The molecular weight excluding hydrogens is 336 g/mol. The number of nitrogens with one attached hydrogen (secondary N) is 2. The molecule has 0 bridgehead atoms. The Morgan fingerprint density at radius 2 is 2.28 bits per heavy atom. The number of H-pyrrole nitrogens is 1. The van der Waals surface area contributed by atoms with Gasteiger partial charge in [0.25, 0.3) is 5.91 Å². The van der Waals surface area contributed by atoms with Crippen molar-refractivity contribution >= 4 is 28.7 Å². The monoisotopic (exact) mass is 354 g/mol. The minimum Gasteiger partial charge on any atom is -0.473 e. The summed E-state index contributed by atoms with van der Waals surface area (Å²) in [6.07, 6.45) is 2.81. The van der Waals surface area contributed by atoms with E-state index >= 15 is 0 Å². The molecule has 4 rings (SSSR count). The number of carbonyl (C=O) groups excluding carboxylic acids is 1. The van der Waals surface area contributed by atoms with E-state index in [1.54, 1.807) is 18.3 Å². The van der Waals surface area contributed by atoms with Crippen molar-refractivity contribution in [2.24, 2.45) is 0 Å². The largest absolute Gasteiger partial charge is 0.473 e. The Labute approximate surface area is 149 Å². The molecule has 2 N–H and O–H groups in total. The van der Waals surface area contributed by atoms with E-state index in [4.69, 9.17) is 4.74 Å². The second-order valence-corrected chi connectivity index (χ2v) is 7.02. The van der Waals surface area contributed by atoms with Crippen molar-refractivity contribution in [3.05, 3.63) is 54.0 Å². The van der Waals surface area contributed by atoms with Gasteiger partial charge in [0.05, 0.1) is 17.6 Å². The first kappa shape index (κ1) is 16.0. The molecule has 3 heterocycles. The molecule has 3 aromatic rings. The average Bonchev–Trinajstić information content (AvgIpc) is 3.29. The smallest absolute Gasteiger partial charge is 0.251 e. The van der Waals surface area contributed by atoms with Gasteiger partial charge >= 0.3 is 0 Å². The van der Waals surface area contributed by atoms with Crippen LogP contribution >= 0.6 is 11.8 Å². The molecule has 1 aliphatic heterocycles.